The number of hydrogen-bond acceptors (Lipinski definition) is 7. The van der Waals surface area contributed by atoms with Crippen LogP contribution in [0.4, 0.5) is 0 Å². The van der Waals surface area contributed by atoms with Crippen molar-refractivity contribution >= 4 is 48.9 Å². The molecule has 0 spiro atoms. The number of ether oxygens (including phenoxy) is 1. The van der Waals surface area contributed by atoms with Gasteiger partial charge in [-0.2, -0.15) is 0 Å². The first-order valence-corrected chi connectivity index (χ1v) is 12.9. The van der Waals surface area contributed by atoms with Crippen LogP contribution >= 0.6 is 11.3 Å². The molecule has 33 heavy (non-hydrogen) atoms. The van der Waals surface area contributed by atoms with Crippen LogP contribution in [0.25, 0.3) is 32.3 Å². The number of fused-ring (bicyclic) bond motifs is 3. The van der Waals surface area contributed by atoms with E-state index in [9.17, 15) is 13.2 Å². The molecule has 8 heteroatoms. The van der Waals surface area contributed by atoms with Crippen LogP contribution in [-0.4, -0.2) is 25.6 Å². The van der Waals surface area contributed by atoms with Crippen molar-refractivity contribution in [1.29, 1.82) is 0 Å². The van der Waals surface area contributed by atoms with Gasteiger partial charge in [0.05, 0.1) is 10.6 Å². The summed E-state index contributed by atoms with van der Waals surface area (Å²) in [7, 11) is -3.24. The second kappa shape index (κ2) is 8.46. The highest BCUT2D eigenvalue weighted by atomic mass is 32.2. The Hall–Kier alpha value is -3.49. The summed E-state index contributed by atoms with van der Waals surface area (Å²) in [5, 5.41) is 5.72. The Kier molecular flexibility index (Phi) is 5.47. The van der Waals surface area contributed by atoms with Crippen LogP contribution in [0.1, 0.15) is 11.5 Å². The van der Waals surface area contributed by atoms with E-state index in [4.69, 9.17) is 9.15 Å². The first-order valence-electron chi connectivity index (χ1n) is 10.2. The average Bonchev–Trinajstić information content (AvgIpc) is 3.44. The normalized spacial score (nSPS) is 11.8. The van der Waals surface area contributed by atoms with E-state index < -0.39 is 15.8 Å². The molecule has 0 atom stereocenters. The van der Waals surface area contributed by atoms with Crippen LogP contribution in [0.2, 0.25) is 0 Å². The molecule has 0 aliphatic carbocycles. The van der Waals surface area contributed by atoms with Gasteiger partial charge in [-0.1, -0.05) is 42.5 Å². The van der Waals surface area contributed by atoms with E-state index in [1.807, 2.05) is 47.8 Å². The van der Waals surface area contributed by atoms with Crippen molar-refractivity contribution in [2.75, 3.05) is 6.26 Å². The number of nitrogens with zero attached hydrogens (tertiary/aromatic N) is 1. The number of thiazole rings is 1. The minimum absolute atomic E-state index is 0.0347. The van der Waals surface area contributed by atoms with Crippen LogP contribution < -0.4 is 0 Å². The molecule has 3 aromatic carbocycles. The van der Waals surface area contributed by atoms with Gasteiger partial charge in [0.1, 0.15) is 29.4 Å². The molecule has 6 nitrogen and oxygen atoms in total. The largest absolute Gasteiger partial charge is 0.460 e. The smallest absolute Gasteiger partial charge is 0.313 e. The minimum atomic E-state index is -3.24. The zero-order chi connectivity index (χ0) is 23.0. The molecular formula is C25H19NO5S2. The lowest BCUT2D eigenvalue weighted by atomic mass is 10.1. The highest BCUT2D eigenvalue weighted by molar-refractivity contribution is 7.90. The van der Waals surface area contributed by atoms with Gasteiger partial charge < -0.3 is 9.15 Å². The van der Waals surface area contributed by atoms with Crippen molar-refractivity contribution in [3.05, 3.63) is 83.6 Å². The molecule has 0 unspecified atom stereocenters. The summed E-state index contributed by atoms with van der Waals surface area (Å²) in [6.45, 7) is 0.0555. The van der Waals surface area contributed by atoms with Crippen molar-refractivity contribution < 1.29 is 22.4 Å². The Bertz CT molecular complexity index is 1580. The summed E-state index contributed by atoms with van der Waals surface area (Å²) in [5.41, 5.74) is 2.17. The van der Waals surface area contributed by atoms with Gasteiger partial charge in [0.2, 0.25) is 0 Å². The van der Waals surface area contributed by atoms with E-state index >= 15 is 0 Å². The molecule has 5 aromatic rings. The number of carbonyl (C=O) groups is 1. The van der Waals surface area contributed by atoms with E-state index in [0.29, 0.717) is 11.5 Å². The van der Waals surface area contributed by atoms with Gasteiger partial charge in [-0.3, -0.25) is 4.79 Å². The second-order valence-corrected chi connectivity index (χ2v) is 10.6. The molecule has 2 aromatic heterocycles. The van der Waals surface area contributed by atoms with Crippen molar-refractivity contribution in [2.45, 2.75) is 17.9 Å². The van der Waals surface area contributed by atoms with Crippen LogP contribution in [0.3, 0.4) is 0 Å². The molecule has 166 valence electrons. The first-order chi connectivity index (χ1) is 15.9. The van der Waals surface area contributed by atoms with Gasteiger partial charge in [-0.15, -0.1) is 11.3 Å². The fraction of sp³-hybridized carbons (Fsp3) is 0.120. The van der Waals surface area contributed by atoms with Crippen LogP contribution in [-0.2, 0) is 32.4 Å². The van der Waals surface area contributed by atoms with Crippen molar-refractivity contribution in [3.8, 4) is 10.6 Å². The minimum Gasteiger partial charge on any atom is -0.460 e. The molecular weight excluding hydrogens is 458 g/mol. The molecule has 0 bridgehead atoms. The summed E-state index contributed by atoms with van der Waals surface area (Å²) in [6, 6.07) is 20.4. The third kappa shape index (κ3) is 4.53. The molecule has 0 aliphatic rings. The first kappa shape index (κ1) is 21.4. The summed E-state index contributed by atoms with van der Waals surface area (Å²) < 4.78 is 34.4. The summed E-state index contributed by atoms with van der Waals surface area (Å²) in [4.78, 5) is 17.1. The van der Waals surface area contributed by atoms with Crippen LogP contribution in [0, 0.1) is 0 Å². The lowest BCUT2D eigenvalue weighted by Gasteiger charge is -2.01. The van der Waals surface area contributed by atoms with Gasteiger partial charge in [0, 0.05) is 22.6 Å². The number of carbonyl (C=O) groups excluding carboxylic acids is 1. The summed E-state index contributed by atoms with van der Waals surface area (Å²) in [6.07, 6.45) is 1.21. The molecule has 0 N–H and O–H groups in total. The lowest BCUT2D eigenvalue weighted by molar-refractivity contribution is -0.144. The highest BCUT2D eigenvalue weighted by Crippen LogP contribution is 2.29. The van der Waals surface area contributed by atoms with Gasteiger partial charge in [0.15, 0.2) is 9.84 Å². The highest BCUT2D eigenvalue weighted by Gasteiger charge is 2.14. The Morgan fingerprint density at radius 3 is 2.61 bits per heavy atom. The predicted octanol–water partition coefficient (Wildman–Crippen LogP) is 5.40. The SMILES string of the molecule is CS(=O)(=O)c1ccc(-c2nc(COC(=O)Cc3cc4c(ccc5ccccc54)o3)cs2)cc1. The lowest BCUT2D eigenvalue weighted by Crippen LogP contribution is -2.07. The van der Waals surface area contributed by atoms with Gasteiger partial charge in [0.25, 0.3) is 0 Å². The predicted molar refractivity (Wildman–Crippen MR) is 128 cm³/mol. The van der Waals surface area contributed by atoms with E-state index in [2.05, 4.69) is 4.98 Å². The molecule has 0 saturated carbocycles. The number of sulfone groups is 1. The maximum absolute atomic E-state index is 12.4. The van der Waals surface area contributed by atoms with Crippen molar-refractivity contribution in [2.24, 2.45) is 0 Å². The molecule has 0 aliphatic heterocycles. The molecule has 5 rings (SSSR count). The maximum atomic E-state index is 12.4. The maximum Gasteiger partial charge on any atom is 0.313 e. The van der Waals surface area contributed by atoms with Gasteiger partial charge in [-0.25, -0.2) is 13.4 Å². The third-order valence-electron chi connectivity index (χ3n) is 5.26. The monoisotopic (exact) mass is 477 g/mol. The van der Waals surface area contributed by atoms with E-state index in [-0.39, 0.29) is 17.9 Å². The fourth-order valence-electron chi connectivity index (χ4n) is 3.63. The quantitative estimate of drug-likeness (QED) is 0.304. The van der Waals surface area contributed by atoms with Gasteiger partial charge in [-0.05, 0) is 35.0 Å². The van der Waals surface area contributed by atoms with Crippen LogP contribution in [0.15, 0.2) is 81.4 Å². The Morgan fingerprint density at radius 1 is 1.03 bits per heavy atom. The summed E-state index contributed by atoms with van der Waals surface area (Å²) >= 11 is 1.41. The topological polar surface area (TPSA) is 86.5 Å². The number of esters is 1. The number of furan rings is 1. The Morgan fingerprint density at radius 2 is 1.82 bits per heavy atom. The number of hydrogen-bond donors (Lipinski definition) is 0. The van der Waals surface area contributed by atoms with Crippen molar-refractivity contribution in [3.63, 3.8) is 0 Å². The molecule has 0 saturated heterocycles. The van der Waals surface area contributed by atoms with Gasteiger partial charge >= 0.3 is 5.97 Å². The average molecular weight is 478 g/mol. The third-order valence-corrected chi connectivity index (χ3v) is 7.33. The molecule has 0 amide bonds. The molecule has 0 fully saturated rings. The fourth-order valence-corrected chi connectivity index (χ4v) is 5.07. The van der Waals surface area contributed by atoms with Crippen LogP contribution in [0.5, 0.6) is 0 Å². The van der Waals surface area contributed by atoms with E-state index in [1.165, 1.54) is 17.6 Å². The second-order valence-electron chi connectivity index (χ2n) is 7.69. The number of rotatable bonds is 6. The Labute approximate surface area is 194 Å². The number of aromatic nitrogens is 1. The van der Waals surface area contributed by atoms with E-state index in [0.717, 1.165) is 32.3 Å². The summed E-state index contributed by atoms with van der Waals surface area (Å²) in [5.74, 6) is 0.154. The zero-order valence-electron chi connectivity index (χ0n) is 17.6. The van der Waals surface area contributed by atoms with Crippen molar-refractivity contribution in [1.82, 2.24) is 4.98 Å². The Balaban J connectivity index is 1.24. The molecule has 0 radical (unpaired) electrons. The van der Waals surface area contributed by atoms with E-state index in [1.54, 1.807) is 24.3 Å². The number of benzene rings is 3. The molecule has 2 heterocycles. The standard InChI is InChI=1S/C25H19NO5S2/c1-33(28,29)20-9-6-17(7-10-20)25-26-18(15-32-25)14-30-24(27)13-19-12-22-21-5-3-2-4-16(21)8-11-23(22)31-19/h2-12,15H,13-14H2,1H3. The zero-order valence-corrected chi connectivity index (χ0v) is 19.3.